The molecule has 7 nitrogen and oxygen atoms in total. The van der Waals surface area contributed by atoms with Crippen molar-refractivity contribution in [3.8, 4) is 0 Å². The van der Waals surface area contributed by atoms with Crippen LogP contribution in [0, 0.1) is 5.92 Å². The average molecular weight is 352 g/mol. The van der Waals surface area contributed by atoms with E-state index in [9.17, 15) is 27.6 Å². The normalized spacial score (nSPS) is 16.8. The zero-order chi connectivity index (χ0) is 18.3. The van der Waals surface area contributed by atoms with Crippen molar-refractivity contribution in [2.24, 2.45) is 5.92 Å². The third-order valence-corrected chi connectivity index (χ3v) is 3.53. The van der Waals surface area contributed by atoms with Gasteiger partial charge in [0, 0.05) is 25.0 Å². The third-order valence-electron chi connectivity index (χ3n) is 3.53. The molecule has 0 bridgehead atoms. The van der Waals surface area contributed by atoms with Crippen LogP contribution in [0.3, 0.4) is 0 Å². The number of alkyl halides is 3. The lowest BCUT2D eigenvalue weighted by atomic mass is 10.0. The lowest BCUT2D eigenvalue weighted by molar-refractivity contribution is -0.126. The molecule has 0 unspecified atom stereocenters. The number of carbonyl (C=O) groups is 3. The highest BCUT2D eigenvalue weighted by molar-refractivity contribution is 5.95. The van der Waals surface area contributed by atoms with Gasteiger partial charge in [-0.15, -0.1) is 0 Å². The van der Waals surface area contributed by atoms with Crippen molar-refractivity contribution < 1.29 is 27.6 Å². The fraction of sp³-hybridized carbons (Fsp3) is 0.786. The summed E-state index contributed by atoms with van der Waals surface area (Å²) >= 11 is 0. The van der Waals surface area contributed by atoms with Crippen molar-refractivity contribution in [2.45, 2.75) is 38.9 Å². The van der Waals surface area contributed by atoms with Crippen molar-refractivity contribution in [1.29, 1.82) is 0 Å². The van der Waals surface area contributed by atoms with E-state index in [0.29, 0.717) is 25.9 Å². The van der Waals surface area contributed by atoms with Gasteiger partial charge >= 0.3 is 12.2 Å². The topological polar surface area (TPSA) is 90.5 Å². The summed E-state index contributed by atoms with van der Waals surface area (Å²) in [5.41, 5.74) is 0. The molecule has 3 N–H and O–H groups in total. The number of piperidine rings is 1. The van der Waals surface area contributed by atoms with Gasteiger partial charge in [-0.05, 0) is 12.8 Å². The largest absolute Gasteiger partial charge is 0.405 e. The summed E-state index contributed by atoms with van der Waals surface area (Å²) in [6.45, 7) is 3.15. The quantitative estimate of drug-likeness (QED) is 0.676. The Kier molecular flexibility index (Phi) is 7.46. The van der Waals surface area contributed by atoms with Gasteiger partial charge in [-0.2, -0.15) is 13.2 Å². The Labute approximate surface area is 138 Å². The minimum atomic E-state index is -4.53. The Hall–Kier alpha value is -1.84. The van der Waals surface area contributed by atoms with E-state index >= 15 is 0 Å². The maximum atomic E-state index is 11.9. The van der Waals surface area contributed by atoms with E-state index < -0.39 is 24.7 Å². The molecule has 0 spiro atoms. The zero-order valence-electron chi connectivity index (χ0n) is 13.7. The van der Waals surface area contributed by atoms with E-state index in [1.807, 2.05) is 5.32 Å². The van der Waals surface area contributed by atoms with Gasteiger partial charge in [0.15, 0.2) is 0 Å². The first-order valence-electron chi connectivity index (χ1n) is 7.74. The molecule has 0 aliphatic carbocycles. The molecule has 0 radical (unpaired) electrons. The molecule has 1 saturated heterocycles. The predicted molar refractivity (Wildman–Crippen MR) is 80.0 cm³/mol. The number of hydrogen-bond acceptors (Lipinski definition) is 4. The maximum Gasteiger partial charge on any atom is 0.405 e. The molecule has 0 aromatic heterocycles. The van der Waals surface area contributed by atoms with Crippen LogP contribution in [-0.2, 0) is 9.59 Å². The van der Waals surface area contributed by atoms with Gasteiger partial charge in [0.2, 0.25) is 11.8 Å². The van der Waals surface area contributed by atoms with Gasteiger partial charge in [-0.25, -0.2) is 4.79 Å². The number of carbonyl (C=O) groups excluding carboxylic acids is 3. The van der Waals surface area contributed by atoms with Gasteiger partial charge in [-0.1, -0.05) is 13.8 Å². The molecule has 0 aromatic rings. The Morgan fingerprint density at radius 3 is 2.25 bits per heavy atom. The van der Waals surface area contributed by atoms with E-state index in [1.165, 1.54) is 0 Å². The highest BCUT2D eigenvalue weighted by Gasteiger charge is 2.28. The van der Waals surface area contributed by atoms with Crippen molar-refractivity contribution in [3.63, 3.8) is 0 Å². The molecule has 1 rings (SSSR count). The van der Waals surface area contributed by atoms with Crippen LogP contribution in [-0.4, -0.2) is 61.1 Å². The van der Waals surface area contributed by atoms with Crippen LogP contribution in [0.4, 0.5) is 18.0 Å². The first-order valence-corrected chi connectivity index (χ1v) is 7.74. The molecule has 10 heteroatoms. The van der Waals surface area contributed by atoms with E-state index in [1.54, 1.807) is 24.1 Å². The summed E-state index contributed by atoms with van der Waals surface area (Å²) in [5, 5.41) is 6.34. The molecule has 0 atom stereocenters. The van der Waals surface area contributed by atoms with Crippen LogP contribution in [0.25, 0.3) is 0 Å². The van der Waals surface area contributed by atoms with E-state index in [4.69, 9.17) is 0 Å². The summed E-state index contributed by atoms with van der Waals surface area (Å²) in [6.07, 6.45) is -3.18. The fourth-order valence-corrected chi connectivity index (χ4v) is 2.20. The molecule has 24 heavy (non-hydrogen) atoms. The van der Waals surface area contributed by atoms with Crippen LogP contribution in [0.15, 0.2) is 0 Å². The lowest BCUT2D eigenvalue weighted by Gasteiger charge is -2.32. The number of amides is 4. The first kappa shape index (κ1) is 20.2. The van der Waals surface area contributed by atoms with E-state index in [-0.39, 0.29) is 24.4 Å². The molecular weight excluding hydrogens is 329 g/mol. The summed E-state index contributed by atoms with van der Waals surface area (Å²) in [5.74, 6) is -0.782. The van der Waals surface area contributed by atoms with Gasteiger partial charge in [-0.3, -0.25) is 19.8 Å². The van der Waals surface area contributed by atoms with E-state index in [0.717, 1.165) is 0 Å². The molecule has 1 fully saturated rings. The monoisotopic (exact) mass is 352 g/mol. The van der Waals surface area contributed by atoms with Crippen LogP contribution in [0.1, 0.15) is 26.7 Å². The zero-order valence-corrected chi connectivity index (χ0v) is 13.7. The number of likely N-dealkylation sites (tertiary alicyclic amines) is 1. The van der Waals surface area contributed by atoms with Gasteiger partial charge in [0.25, 0.3) is 0 Å². The van der Waals surface area contributed by atoms with Crippen LogP contribution >= 0.6 is 0 Å². The van der Waals surface area contributed by atoms with Gasteiger partial charge < -0.3 is 10.6 Å². The van der Waals surface area contributed by atoms with Crippen molar-refractivity contribution >= 4 is 17.8 Å². The van der Waals surface area contributed by atoms with Gasteiger partial charge in [0.1, 0.15) is 6.54 Å². The van der Waals surface area contributed by atoms with Crippen LogP contribution < -0.4 is 16.0 Å². The molecule has 0 saturated carbocycles. The number of hydrogen-bond donors (Lipinski definition) is 3. The third kappa shape index (κ3) is 8.14. The fourth-order valence-electron chi connectivity index (χ4n) is 2.20. The second-order valence-electron chi connectivity index (χ2n) is 6.06. The van der Waals surface area contributed by atoms with Gasteiger partial charge in [0.05, 0.1) is 6.54 Å². The molecule has 1 heterocycles. The summed E-state index contributed by atoms with van der Waals surface area (Å²) in [4.78, 5) is 36.2. The lowest BCUT2D eigenvalue weighted by Crippen LogP contribution is -2.50. The summed E-state index contributed by atoms with van der Waals surface area (Å²) in [7, 11) is 0. The smallest absolute Gasteiger partial charge is 0.353 e. The molecule has 0 aromatic carbocycles. The molecule has 1 aliphatic heterocycles. The van der Waals surface area contributed by atoms with Crippen molar-refractivity contribution in [3.05, 3.63) is 0 Å². The first-order chi connectivity index (χ1) is 11.1. The number of nitrogens with zero attached hydrogens (tertiary/aromatic N) is 1. The van der Waals surface area contributed by atoms with Crippen molar-refractivity contribution in [2.75, 3.05) is 26.2 Å². The Balaban J connectivity index is 2.25. The maximum absolute atomic E-state index is 11.9. The summed E-state index contributed by atoms with van der Waals surface area (Å²) < 4.78 is 35.8. The molecule has 4 amide bonds. The standard InChI is InChI=1S/C14H23F3N4O3/c1-9(2)12(23)19-10-3-5-21(6-4-10)7-11(22)20-13(24)18-8-14(15,16)17/h9-10H,3-8H2,1-2H3,(H,19,23)(H2,18,20,22,24). The Bertz CT molecular complexity index is 461. The summed E-state index contributed by atoms with van der Waals surface area (Å²) in [6, 6.07) is -1.12. The van der Waals surface area contributed by atoms with Crippen molar-refractivity contribution in [1.82, 2.24) is 20.9 Å². The predicted octanol–water partition coefficient (Wildman–Crippen LogP) is 0.611. The second kappa shape index (κ2) is 8.86. The highest BCUT2D eigenvalue weighted by Crippen LogP contribution is 2.12. The SMILES string of the molecule is CC(C)C(=O)NC1CCN(CC(=O)NC(=O)NCC(F)(F)F)CC1. The van der Waals surface area contributed by atoms with Crippen LogP contribution in [0.5, 0.6) is 0 Å². The van der Waals surface area contributed by atoms with Crippen LogP contribution in [0.2, 0.25) is 0 Å². The number of halogens is 3. The molecule has 1 aliphatic rings. The number of rotatable bonds is 5. The Morgan fingerprint density at radius 2 is 1.75 bits per heavy atom. The Morgan fingerprint density at radius 1 is 1.17 bits per heavy atom. The molecule has 138 valence electrons. The number of urea groups is 1. The minimum Gasteiger partial charge on any atom is -0.353 e. The minimum absolute atomic E-state index is 0.0208. The molecular formula is C14H23F3N4O3. The highest BCUT2D eigenvalue weighted by atomic mass is 19.4. The van der Waals surface area contributed by atoms with E-state index in [2.05, 4.69) is 5.32 Å². The average Bonchev–Trinajstić information content (AvgIpc) is 2.46. The number of nitrogens with one attached hydrogen (secondary N) is 3. The number of imide groups is 1. The second-order valence-corrected chi connectivity index (χ2v) is 6.06.